The second-order valence-electron chi connectivity index (χ2n) is 10.6. The highest BCUT2D eigenvalue weighted by Crippen LogP contribution is 2.38. The smallest absolute Gasteiger partial charge is 0.407 e. The lowest BCUT2D eigenvalue weighted by atomic mass is 9.95. The van der Waals surface area contributed by atoms with Crippen LogP contribution in [0.4, 0.5) is 4.79 Å². The van der Waals surface area contributed by atoms with E-state index in [0.717, 1.165) is 6.26 Å². The maximum atomic E-state index is 12.3. The zero-order chi connectivity index (χ0) is 31.2. The molecule has 0 fully saturated rings. The predicted molar refractivity (Wildman–Crippen MR) is 162 cm³/mol. The molecule has 1 aliphatic heterocycles. The number of carbonyl (C=O) groups is 2. The van der Waals surface area contributed by atoms with Crippen LogP contribution < -0.4 is 10.6 Å². The minimum absolute atomic E-state index is 0.0574. The lowest BCUT2D eigenvalue weighted by Gasteiger charge is -2.21. The summed E-state index contributed by atoms with van der Waals surface area (Å²) in [5.41, 5.74) is -0.519. The fourth-order valence-electron chi connectivity index (χ4n) is 3.48. The predicted octanol–water partition coefficient (Wildman–Crippen LogP) is 3.16. The van der Waals surface area contributed by atoms with Crippen LogP contribution in [-0.2, 0) is 43.9 Å². The van der Waals surface area contributed by atoms with Crippen molar-refractivity contribution in [1.29, 1.82) is 0 Å². The molecule has 2 N–H and O–H groups in total. The molecule has 0 bridgehead atoms. The number of aliphatic imine (C=N–C) groups is 1. The van der Waals surface area contributed by atoms with Crippen LogP contribution in [0.15, 0.2) is 28.1 Å². The van der Waals surface area contributed by atoms with E-state index < -0.39 is 27.1 Å². The number of nitrogens with one attached hydrogen (secondary N) is 2. The fraction of sp³-hybridized carbons (Fsp3) is 0.667. The zero-order valence-electron chi connectivity index (χ0n) is 24.8. The number of thioether (sulfide) groups is 1. The number of halogens is 1. The Morgan fingerprint density at radius 2 is 1.57 bits per heavy atom. The highest BCUT2D eigenvalue weighted by atomic mass is 35.5. The van der Waals surface area contributed by atoms with Gasteiger partial charge in [0.15, 0.2) is 15.0 Å². The maximum absolute atomic E-state index is 12.3. The van der Waals surface area contributed by atoms with Gasteiger partial charge in [0.25, 0.3) is 0 Å². The van der Waals surface area contributed by atoms with E-state index in [1.807, 2.05) is 6.92 Å². The number of ether oxygens (including phenoxy) is 5. The Morgan fingerprint density at radius 3 is 2.14 bits per heavy atom. The monoisotopic (exact) mass is 651 g/mol. The molecule has 0 aromatic heterocycles. The van der Waals surface area contributed by atoms with Crippen molar-refractivity contribution in [2.24, 2.45) is 4.99 Å². The SMILES string of the molecule is CC(C)(C)OC(=O)NCCOCCOCCOCCOCCC(=O)NC1=NC(C)(c2ccc(Cl)c(S(C)(=O)=O)c2)CS1. The molecule has 2 rings (SSSR count). The number of carbonyl (C=O) groups excluding carboxylic acids is 2. The number of amides is 2. The van der Waals surface area contributed by atoms with Crippen LogP contribution in [0.3, 0.4) is 0 Å². The third kappa shape index (κ3) is 14.0. The van der Waals surface area contributed by atoms with Crippen LogP contribution in [0, 0.1) is 0 Å². The van der Waals surface area contributed by atoms with E-state index in [2.05, 4.69) is 15.6 Å². The second-order valence-corrected chi connectivity index (χ2v) is 13.9. The highest BCUT2D eigenvalue weighted by Gasteiger charge is 2.34. The molecule has 0 aliphatic carbocycles. The summed E-state index contributed by atoms with van der Waals surface area (Å²) in [6.45, 7) is 10.6. The van der Waals surface area contributed by atoms with Crippen LogP contribution in [-0.4, -0.2) is 103 Å². The number of amidine groups is 1. The van der Waals surface area contributed by atoms with Gasteiger partial charge in [-0.25, -0.2) is 13.2 Å². The molecule has 0 saturated carbocycles. The molecule has 2 amide bonds. The average molecular weight is 652 g/mol. The first kappa shape index (κ1) is 36.3. The molecule has 1 aromatic carbocycles. The normalized spacial score (nSPS) is 17.1. The largest absolute Gasteiger partial charge is 0.444 e. The topological polar surface area (TPSA) is 151 Å². The maximum Gasteiger partial charge on any atom is 0.407 e. The van der Waals surface area contributed by atoms with Crippen LogP contribution in [0.5, 0.6) is 0 Å². The fourth-order valence-corrected chi connectivity index (χ4v) is 5.88. The third-order valence-electron chi connectivity index (χ3n) is 5.54. The summed E-state index contributed by atoms with van der Waals surface area (Å²) in [7, 11) is -3.48. The molecule has 1 heterocycles. The number of benzene rings is 1. The standard InChI is InChI=1S/C27H42ClN3O9S2/c1-26(2,3)40-25(33)29-9-11-37-13-15-39-17-16-38-14-12-36-10-8-23(32)30-24-31-27(4,19-41-24)20-6-7-21(28)22(18-20)42(5,34)35/h6-7,18H,8-17,19H2,1-5H3,(H,29,33)(H,30,31,32). The Hall–Kier alpha value is -1.94. The lowest BCUT2D eigenvalue weighted by molar-refractivity contribution is -0.120. The number of hydrogen-bond acceptors (Lipinski definition) is 11. The van der Waals surface area contributed by atoms with Gasteiger partial charge in [0, 0.05) is 18.6 Å². The summed E-state index contributed by atoms with van der Waals surface area (Å²) in [5.74, 6) is 0.321. The van der Waals surface area contributed by atoms with E-state index in [1.54, 1.807) is 39.0 Å². The van der Waals surface area contributed by atoms with Crippen molar-refractivity contribution in [1.82, 2.24) is 10.6 Å². The quantitative estimate of drug-likeness (QED) is 0.240. The Balaban J connectivity index is 1.49. The van der Waals surface area contributed by atoms with Crippen LogP contribution in [0.25, 0.3) is 0 Å². The van der Waals surface area contributed by atoms with E-state index in [4.69, 9.17) is 35.3 Å². The van der Waals surface area contributed by atoms with Gasteiger partial charge in [0.05, 0.1) is 74.7 Å². The first-order valence-corrected chi connectivity index (χ1v) is 16.8. The molecule has 1 aromatic rings. The van der Waals surface area contributed by atoms with Crippen molar-refractivity contribution < 1.29 is 41.7 Å². The van der Waals surface area contributed by atoms with E-state index in [0.29, 0.717) is 69.3 Å². The molecule has 1 atom stereocenters. The van der Waals surface area contributed by atoms with Crippen molar-refractivity contribution in [3.63, 3.8) is 0 Å². The summed E-state index contributed by atoms with van der Waals surface area (Å²) >= 11 is 7.45. The van der Waals surface area contributed by atoms with Crippen molar-refractivity contribution in [2.45, 2.75) is 50.2 Å². The minimum atomic E-state index is -3.48. The lowest BCUT2D eigenvalue weighted by Crippen LogP contribution is -2.34. The Bertz CT molecular complexity index is 1180. The number of sulfone groups is 1. The first-order valence-electron chi connectivity index (χ1n) is 13.5. The summed E-state index contributed by atoms with van der Waals surface area (Å²) in [5, 5.41) is 6.04. The molecule has 12 nitrogen and oxygen atoms in total. The van der Waals surface area contributed by atoms with Gasteiger partial charge in [0.2, 0.25) is 5.91 Å². The van der Waals surface area contributed by atoms with Gasteiger partial charge in [-0.1, -0.05) is 29.4 Å². The van der Waals surface area contributed by atoms with Crippen molar-refractivity contribution in [2.75, 3.05) is 71.4 Å². The Labute approximate surface area is 257 Å². The van der Waals surface area contributed by atoms with Crippen LogP contribution >= 0.6 is 23.4 Å². The molecule has 15 heteroatoms. The van der Waals surface area contributed by atoms with E-state index >= 15 is 0 Å². The summed E-state index contributed by atoms with van der Waals surface area (Å²) < 4.78 is 50.9. The van der Waals surface area contributed by atoms with Crippen LogP contribution in [0.2, 0.25) is 5.02 Å². The minimum Gasteiger partial charge on any atom is -0.444 e. The number of hydrogen-bond donors (Lipinski definition) is 2. The average Bonchev–Trinajstić information content (AvgIpc) is 3.26. The molecule has 0 saturated heterocycles. The van der Waals surface area contributed by atoms with Gasteiger partial charge in [-0.3, -0.25) is 9.79 Å². The van der Waals surface area contributed by atoms with E-state index in [-0.39, 0.29) is 28.9 Å². The summed E-state index contributed by atoms with van der Waals surface area (Å²) in [6.07, 6.45) is 0.794. The summed E-state index contributed by atoms with van der Waals surface area (Å²) in [6, 6.07) is 4.84. The van der Waals surface area contributed by atoms with Gasteiger partial charge < -0.3 is 34.3 Å². The Kier molecular flexibility index (Phi) is 15.0. The van der Waals surface area contributed by atoms with Gasteiger partial charge in [-0.05, 0) is 45.4 Å². The van der Waals surface area contributed by atoms with Gasteiger partial charge in [-0.15, -0.1) is 0 Å². The van der Waals surface area contributed by atoms with Crippen LogP contribution in [0.1, 0.15) is 39.7 Å². The molecule has 1 aliphatic rings. The number of rotatable bonds is 17. The highest BCUT2D eigenvalue weighted by molar-refractivity contribution is 8.14. The van der Waals surface area contributed by atoms with E-state index in [9.17, 15) is 18.0 Å². The molecular formula is C27H42ClN3O9S2. The van der Waals surface area contributed by atoms with Gasteiger partial charge in [-0.2, -0.15) is 0 Å². The molecule has 238 valence electrons. The number of alkyl carbamates (subject to hydrolysis) is 1. The van der Waals surface area contributed by atoms with Gasteiger partial charge >= 0.3 is 6.09 Å². The number of nitrogens with zero attached hydrogens (tertiary/aromatic N) is 1. The zero-order valence-corrected chi connectivity index (χ0v) is 27.2. The molecule has 0 spiro atoms. The third-order valence-corrected chi connectivity index (χ3v) is 8.29. The van der Waals surface area contributed by atoms with Crippen molar-refractivity contribution >= 4 is 50.4 Å². The molecule has 0 radical (unpaired) electrons. The van der Waals surface area contributed by atoms with E-state index in [1.165, 1.54) is 11.8 Å². The van der Waals surface area contributed by atoms with Crippen molar-refractivity contribution in [3.8, 4) is 0 Å². The van der Waals surface area contributed by atoms with Gasteiger partial charge in [0.1, 0.15) is 5.60 Å². The second kappa shape index (κ2) is 17.4. The van der Waals surface area contributed by atoms with Crippen molar-refractivity contribution in [3.05, 3.63) is 28.8 Å². The summed E-state index contributed by atoms with van der Waals surface area (Å²) in [4.78, 5) is 28.5. The molecule has 1 unspecified atom stereocenters. The molecular weight excluding hydrogens is 610 g/mol. The Morgan fingerprint density at radius 1 is 1.00 bits per heavy atom. The molecule has 42 heavy (non-hydrogen) atoms. The first-order chi connectivity index (χ1) is 19.7.